The molecule has 2 heteroatoms. The molecule has 0 aliphatic carbocycles. The lowest BCUT2D eigenvalue weighted by Crippen LogP contribution is -2.11. The van der Waals surface area contributed by atoms with E-state index >= 15 is 0 Å². The number of para-hydroxylation sites is 1. The zero-order valence-corrected chi connectivity index (χ0v) is 11.1. The van der Waals surface area contributed by atoms with Gasteiger partial charge in [-0.25, -0.2) is 0 Å². The zero-order valence-electron chi connectivity index (χ0n) is 11.1. The van der Waals surface area contributed by atoms with Crippen molar-refractivity contribution in [2.75, 3.05) is 5.32 Å². The van der Waals surface area contributed by atoms with Gasteiger partial charge in [-0.3, -0.25) is 4.79 Å². The van der Waals surface area contributed by atoms with Gasteiger partial charge < -0.3 is 5.32 Å². The number of hydrogen-bond donors (Lipinski definition) is 1. The Morgan fingerprint density at radius 2 is 1.50 bits per heavy atom. The van der Waals surface area contributed by atoms with E-state index in [2.05, 4.69) is 5.32 Å². The fourth-order valence-corrected chi connectivity index (χ4v) is 1.43. The second-order valence-electron chi connectivity index (χ2n) is 3.69. The van der Waals surface area contributed by atoms with Gasteiger partial charge in [-0.1, -0.05) is 49.7 Å². The molecule has 1 N–H and O–H groups in total. The van der Waals surface area contributed by atoms with Crippen molar-refractivity contribution in [2.45, 2.75) is 20.8 Å². The summed E-state index contributed by atoms with van der Waals surface area (Å²) in [6.07, 6.45) is 0. The van der Waals surface area contributed by atoms with Crippen molar-refractivity contribution in [3.8, 4) is 0 Å². The molecule has 1 amide bonds. The minimum Gasteiger partial charge on any atom is -0.322 e. The van der Waals surface area contributed by atoms with Gasteiger partial charge in [-0.15, -0.1) is 0 Å². The second-order valence-corrected chi connectivity index (χ2v) is 3.69. The first-order valence-corrected chi connectivity index (χ1v) is 6.19. The van der Waals surface area contributed by atoms with Gasteiger partial charge in [-0.05, 0) is 31.2 Å². The van der Waals surface area contributed by atoms with Gasteiger partial charge in [0.05, 0.1) is 0 Å². The molecular formula is C16H21NO. The zero-order chi connectivity index (χ0) is 13.4. The van der Waals surface area contributed by atoms with Crippen LogP contribution in [-0.2, 0) is 0 Å². The molecule has 2 aromatic carbocycles. The van der Waals surface area contributed by atoms with E-state index in [0.29, 0.717) is 5.56 Å². The van der Waals surface area contributed by atoms with Crippen LogP contribution in [0.3, 0.4) is 0 Å². The Labute approximate surface area is 110 Å². The summed E-state index contributed by atoms with van der Waals surface area (Å²) < 4.78 is 0. The van der Waals surface area contributed by atoms with Crippen molar-refractivity contribution < 1.29 is 6.22 Å². The number of rotatable bonds is 2. The van der Waals surface area contributed by atoms with Crippen LogP contribution in [0, 0.1) is 6.92 Å². The molecule has 0 fully saturated rings. The van der Waals surface area contributed by atoms with Crippen LogP contribution in [0.4, 0.5) is 5.69 Å². The summed E-state index contributed by atoms with van der Waals surface area (Å²) in [5.41, 5.74) is 2.64. The summed E-state index contributed by atoms with van der Waals surface area (Å²) in [4.78, 5) is 11.8. The summed E-state index contributed by atoms with van der Waals surface area (Å²) in [7, 11) is 0. The number of carbonyl (C=O) groups is 1. The monoisotopic (exact) mass is 243 g/mol. The molecule has 0 aromatic heterocycles. The van der Waals surface area contributed by atoms with Crippen LogP contribution < -0.4 is 5.32 Å². The van der Waals surface area contributed by atoms with Gasteiger partial charge in [0, 0.05) is 12.7 Å². The molecule has 2 rings (SSSR count). The van der Waals surface area contributed by atoms with E-state index in [-0.39, 0.29) is 7.33 Å². The third kappa shape index (κ3) is 4.06. The second kappa shape index (κ2) is 7.28. The lowest BCUT2D eigenvalue weighted by atomic mass is 10.1. The highest BCUT2D eigenvalue weighted by Crippen LogP contribution is 2.09. The Morgan fingerprint density at radius 1 is 0.944 bits per heavy atom. The topological polar surface area (TPSA) is 29.1 Å². The largest absolute Gasteiger partial charge is 0.322 e. The number of carbonyl (C=O) groups excluding carboxylic acids is 1. The van der Waals surface area contributed by atoms with Crippen molar-refractivity contribution in [2.24, 2.45) is 0 Å². The third-order valence-electron chi connectivity index (χ3n) is 2.35. The minimum atomic E-state index is -0.0776. The van der Waals surface area contributed by atoms with Crippen molar-refractivity contribution in [1.82, 2.24) is 0 Å². The van der Waals surface area contributed by atoms with E-state index in [9.17, 15) is 4.79 Å². The summed E-state index contributed by atoms with van der Waals surface area (Å²) in [6.45, 7) is 6.00. The fraction of sp³-hybridized carbons (Fsp3) is 0.188. The Morgan fingerprint density at radius 3 is 2.06 bits per heavy atom. The molecule has 0 saturated heterocycles. The lowest BCUT2D eigenvalue weighted by molar-refractivity contribution is 0.102. The summed E-state index contributed by atoms with van der Waals surface area (Å²) in [5, 5.41) is 2.84. The minimum absolute atomic E-state index is 0. The van der Waals surface area contributed by atoms with E-state index in [1.165, 1.54) is 0 Å². The molecule has 0 atom stereocenters. The first kappa shape index (κ1) is 14.0. The first-order valence-electron chi connectivity index (χ1n) is 6.19. The van der Waals surface area contributed by atoms with Crippen molar-refractivity contribution in [1.29, 1.82) is 0 Å². The molecule has 0 unspecified atom stereocenters. The maximum absolute atomic E-state index is 11.8. The average molecular weight is 243 g/mol. The predicted octanol–water partition coefficient (Wildman–Crippen LogP) is 4.52. The van der Waals surface area contributed by atoms with E-state index in [1.54, 1.807) is 0 Å². The molecule has 0 aliphatic heterocycles. The molecule has 18 heavy (non-hydrogen) atoms. The quantitative estimate of drug-likeness (QED) is 0.825. The predicted molar refractivity (Wildman–Crippen MR) is 79.0 cm³/mol. The normalized spacial score (nSPS) is 9.06. The molecule has 0 spiro atoms. The molecule has 0 bridgehead atoms. The Bertz CT molecular complexity index is 480. The van der Waals surface area contributed by atoms with Crippen LogP contribution in [0.15, 0.2) is 54.6 Å². The van der Waals surface area contributed by atoms with Gasteiger partial charge >= 0.3 is 0 Å². The van der Waals surface area contributed by atoms with E-state index in [1.807, 2.05) is 75.4 Å². The number of amides is 1. The molecule has 2 nitrogen and oxygen atoms in total. The van der Waals surface area contributed by atoms with Gasteiger partial charge in [0.25, 0.3) is 5.91 Å². The van der Waals surface area contributed by atoms with Crippen molar-refractivity contribution >= 4 is 11.6 Å². The molecular weight excluding hydrogens is 222 g/mol. The fourth-order valence-electron chi connectivity index (χ4n) is 1.43. The molecule has 0 heterocycles. The third-order valence-corrected chi connectivity index (χ3v) is 2.35. The Hall–Kier alpha value is -2.09. The van der Waals surface area contributed by atoms with Gasteiger partial charge in [0.15, 0.2) is 0 Å². The highest BCUT2D eigenvalue weighted by Gasteiger charge is 2.04. The van der Waals surface area contributed by atoms with Crippen molar-refractivity contribution in [3.05, 3.63) is 65.7 Å². The molecule has 0 saturated carbocycles. The van der Waals surface area contributed by atoms with E-state index in [4.69, 9.17) is 0 Å². The smallest absolute Gasteiger partial charge is 0.255 e. The van der Waals surface area contributed by atoms with Crippen molar-refractivity contribution in [3.63, 3.8) is 0 Å². The van der Waals surface area contributed by atoms with Crippen LogP contribution in [0.5, 0.6) is 0 Å². The van der Waals surface area contributed by atoms with Gasteiger partial charge in [-0.2, -0.15) is 0 Å². The molecule has 0 aliphatic rings. The number of nitrogens with one attached hydrogen (secondary N) is 1. The maximum atomic E-state index is 11.8. The SMILES string of the molecule is CC.Cc1ccc(C(=O)Nc2ccccc2)cc1.[HH]. The highest BCUT2D eigenvalue weighted by atomic mass is 16.1. The number of anilines is 1. The number of benzene rings is 2. The van der Waals surface area contributed by atoms with Gasteiger partial charge in [0.2, 0.25) is 0 Å². The standard InChI is InChI=1S/C14H13NO.C2H6.H2/c1-11-7-9-12(10-8-11)14(16)15-13-5-3-2-4-6-13;1-2;/h2-10H,1H3,(H,15,16);1-2H3;1H. The van der Waals surface area contributed by atoms with Gasteiger partial charge in [0.1, 0.15) is 0 Å². The Kier molecular flexibility index (Phi) is 5.65. The van der Waals surface area contributed by atoms with Crippen LogP contribution in [0.2, 0.25) is 0 Å². The van der Waals surface area contributed by atoms with Crippen LogP contribution in [0.1, 0.15) is 31.2 Å². The summed E-state index contributed by atoms with van der Waals surface area (Å²) in [5.74, 6) is -0.0776. The van der Waals surface area contributed by atoms with Crippen LogP contribution in [-0.4, -0.2) is 5.91 Å². The molecule has 2 aromatic rings. The molecule has 0 radical (unpaired) electrons. The van der Waals surface area contributed by atoms with Crippen LogP contribution in [0.25, 0.3) is 0 Å². The number of hydrogen-bond acceptors (Lipinski definition) is 1. The average Bonchev–Trinajstić information content (AvgIpc) is 2.43. The maximum Gasteiger partial charge on any atom is 0.255 e. The summed E-state index contributed by atoms with van der Waals surface area (Å²) in [6, 6.07) is 17.0. The highest BCUT2D eigenvalue weighted by molar-refractivity contribution is 6.04. The van der Waals surface area contributed by atoms with E-state index in [0.717, 1.165) is 11.3 Å². The number of aryl methyl sites for hydroxylation is 1. The first-order chi connectivity index (χ1) is 8.75. The summed E-state index contributed by atoms with van der Waals surface area (Å²) >= 11 is 0. The lowest BCUT2D eigenvalue weighted by Gasteiger charge is -2.04. The molecule has 96 valence electrons. The Balaban J connectivity index is 0.00000103. The van der Waals surface area contributed by atoms with E-state index < -0.39 is 0 Å². The van der Waals surface area contributed by atoms with Crippen LogP contribution >= 0.6 is 0 Å².